The van der Waals surface area contributed by atoms with Gasteiger partial charge in [-0.3, -0.25) is 9.59 Å². The first-order chi connectivity index (χ1) is 7.06. The van der Waals surface area contributed by atoms with Crippen LogP contribution in [0.1, 0.15) is 22.8 Å². The molecule has 1 aromatic rings. The molecule has 0 aromatic heterocycles. The Bertz CT molecular complexity index is 399. The third-order valence-corrected chi connectivity index (χ3v) is 1.96. The monoisotopic (exact) mass is 207 g/mol. The number of nitrogens with two attached hydrogens (primary N) is 1. The first kappa shape index (κ1) is 11.2. The molecule has 0 bridgehead atoms. The van der Waals surface area contributed by atoms with E-state index in [4.69, 9.17) is 10.5 Å². The highest BCUT2D eigenvalue weighted by Crippen LogP contribution is 2.19. The highest BCUT2D eigenvalue weighted by molar-refractivity contribution is 6.42. The third kappa shape index (κ3) is 2.56. The van der Waals surface area contributed by atoms with Gasteiger partial charge in [0.05, 0.1) is 6.61 Å². The van der Waals surface area contributed by atoms with Crippen molar-refractivity contribution in [2.45, 2.75) is 13.8 Å². The van der Waals surface area contributed by atoms with Gasteiger partial charge in [-0.05, 0) is 37.6 Å². The van der Waals surface area contributed by atoms with Crippen LogP contribution in [0.25, 0.3) is 0 Å². The fourth-order valence-electron chi connectivity index (χ4n) is 1.25. The summed E-state index contributed by atoms with van der Waals surface area (Å²) in [4.78, 5) is 21.9. The maximum absolute atomic E-state index is 11.3. The van der Waals surface area contributed by atoms with Crippen LogP contribution < -0.4 is 10.5 Å². The lowest BCUT2D eigenvalue weighted by atomic mass is 10.1. The summed E-state index contributed by atoms with van der Waals surface area (Å²) in [7, 11) is 0. The molecule has 1 amide bonds. The van der Waals surface area contributed by atoms with Gasteiger partial charge >= 0.3 is 0 Å². The second-order valence-corrected chi connectivity index (χ2v) is 3.11. The predicted molar refractivity (Wildman–Crippen MR) is 55.9 cm³/mol. The van der Waals surface area contributed by atoms with E-state index in [-0.39, 0.29) is 0 Å². The van der Waals surface area contributed by atoms with Gasteiger partial charge in [-0.1, -0.05) is 0 Å². The molecule has 4 nitrogen and oxygen atoms in total. The lowest BCUT2D eigenvalue weighted by molar-refractivity contribution is -0.114. The van der Waals surface area contributed by atoms with Crippen molar-refractivity contribution in [2.75, 3.05) is 6.61 Å². The minimum Gasteiger partial charge on any atom is -0.494 e. The summed E-state index contributed by atoms with van der Waals surface area (Å²) in [5.74, 6) is -0.918. The van der Waals surface area contributed by atoms with Crippen molar-refractivity contribution in [2.24, 2.45) is 5.73 Å². The summed E-state index contributed by atoms with van der Waals surface area (Å²) in [6.45, 7) is 4.24. The molecule has 1 aromatic carbocycles. The topological polar surface area (TPSA) is 69.4 Å². The van der Waals surface area contributed by atoms with Gasteiger partial charge in [-0.15, -0.1) is 0 Å². The van der Waals surface area contributed by atoms with Gasteiger partial charge in [0.15, 0.2) is 0 Å². The fourth-order valence-corrected chi connectivity index (χ4v) is 1.25. The quantitative estimate of drug-likeness (QED) is 0.593. The maximum Gasteiger partial charge on any atom is 0.289 e. The van der Waals surface area contributed by atoms with Crippen LogP contribution in [0.5, 0.6) is 5.75 Å². The Hall–Kier alpha value is -1.84. The van der Waals surface area contributed by atoms with Crippen molar-refractivity contribution in [3.05, 3.63) is 29.3 Å². The van der Waals surface area contributed by atoms with E-state index in [0.29, 0.717) is 17.9 Å². The summed E-state index contributed by atoms with van der Waals surface area (Å²) < 4.78 is 5.30. The molecule has 0 fully saturated rings. The van der Waals surface area contributed by atoms with Crippen molar-refractivity contribution in [3.8, 4) is 5.75 Å². The van der Waals surface area contributed by atoms with Crippen LogP contribution >= 0.6 is 0 Å². The van der Waals surface area contributed by atoms with Gasteiger partial charge in [0, 0.05) is 5.56 Å². The Morgan fingerprint density at radius 2 is 2.07 bits per heavy atom. The Kier molecular flexibility index (Phi) is 3.44. The second-order valence-electron chi connectivity index (χ2n) is 3.11. The second kappa shape index (κ2) is 4.59. The number of aryl methyl sites for hydroxylation is 1. The molecular weight excluding hydrogens is 194 g/mol. The molecule has 0 aliphatic rings. The van der Waals surface area contributed by atoms with Gasteiger partial charge in [-0.2, -0.15) is 0 Å². The minimum atomic E-state index is -0.946. The standard InChI is InChI=1S/C11H13NO3/c1-3-15-9-5-4-8(6-7(9)2)10(13)11(12)14/h4-6H,3H2,1-2H3,(H2,12,14). The smallest absolute Gasteiger partial charge is 0.289 e. The largest absolute Gasteiger partial charge is 0.494 e. The van der Waals surface area contributed by atoms with Crippen molar-refractivity contribution >= 4 is 11.7 Å². The number of ether oxygens (including phenoxy) is 1. The van der Waals surface area contributed by atoms with E-state index in [1.165, 1.54) is 6.07 Å². The molecule has 0 radical (unpaired) electrons. The number of hydrogen-bond acceptors (Lipinski definition) is 3. The molecule has 0 spiro atoms. The number of rotatable bonds is 4. The molecular formula is C11H13NO3. The van der Waals surface area contributed by atoms with Crippen molar-refractivity contribution in [1.82, 2.24) is 0 Å². The molecule has 2 N–H and O–H groups in total. The zero-order chi connectivity index (χ0) is 11.4. The van der Waals surface area contributed by atoms with E-state index in [9.17, 15) is 9.59 Å². The zero-order valence-electron chi connectivity index (χ0n) is 8.74. The summed E-state index contributed by atoms with van der Waals surface area (Å²) in [6.07, 6.45) is 0. The molecule has 4 heteroatoms. The highest BCUT2D eigenvalue weighted by Gasteiger charge is 2.13. The number of benzene rings is 1. The molecule has 0 aliphatic heterocycles. The molecule has 0 aliphatic carbocycles. The van der Waals surface area contributed by atoms with Crippen LogP contribution in [0.4, 0.5) is 0 Å². The first-order valence-electron chi connectivity index (χ1n) is 4.63. The molecule has 0 heterocycles. The molecule has 1 rings (SSSR count). The van der Waals surface area contributed by atoms with Gasteiger partial charge in [0.25, 0.3) is 5.91 Å². The summed E-state index contributed by atoms with van der Waals surface area (Å²) in [5.41, 5.74) is 6.00. The summed E-state index contributed by atoms with van der Waals surface area (Å²) >= 11 is 0. The number of carbonyl (C=O) groups excluding carboxylic acids is 2. The van der Waals surface area contributed by atoms with Gasteiger partial charge in [0.1, 0.15) is 5.75 Å². The predicted octanol–water partition coefficient (Wildman–Crippen LogP) is 1.06. The van der Waals surface area contributed by atoms with Crippen LogP contribution in [-0.2, 0) is 4.79 Å². The molecule has 15 heavy (non-hydrogen) atoms. The first-order valence-corrected chi connectivity index (χ1v) is 4.63. The zero-order valence-corrected chi connectivity index (χ0v) is 8.74. The summed E-state index contributed by atoms with van der Waals surface area (Å²) in [5, 5.41) is 0. The van der Waals surface area contributed by atoms with Gasteiger partial charge in [-0.25, -0.2) is 0 Å². The number of Topliss-reactive ketones (excluding diaryl/α,β-unsaturated/α-hetero) is 1. The average molecular weight is 207 g/mol. The average Bonchev–Trinajstić information content (AvgIpc) is 2.20. The van der Waals surface area contributed by atoms with Crippen LogP contribution in [0, 0.1) is 6.92 Å². The van der Waals surface area contributed by atoms with E-state index in [1.54, 1.807) is 12.1 Å². The van der Waals surface area contributed by atoms with E-state index in [0.717, 1.165) is 5.56 Å². The third-order valence-electron chi connectivity index (χ3n) is 1.96. The van der Waals surface area contributed by atoms with Crippen LogP contribution in [0.15, 0.2) is 18.2 Å². The van der Waals surface area contributed by atoms with Crippen LogP contribution in [0.3, 0.4) is 0 Å². The molecule has 80 valence electrons. The van der Waals surface area contributed by atoms with Crippen LogP contribution in [-0.4, -0.2) is 18.3 Å². The Morgan fingerprint density at radius 1 is 1.40 bits per heavy atom. The normalized spacial score (nSPS) is 9.73. The lowest BCUT2D eigenvalue weighted by Crippen LogP contribution is -2.23. The SMILES string of the molecule is CCOc1ccc(C(=O)C(N)=O)cc1C. The number of hydrogen-bond donors (Lipinski definition) is 1. The summed E-state index contributed by atoms with van der Waals surface area (Å²) in [6, 6.07) is 4.79. The van der Waals surface area contributed by atoms with E-state index >= 15 is 0 Å². The number of ketones is 1. The molecule has 0 unspecified atom stereocenters. The van der Waals surface area contributed by atoms with E-state index in [1.807, 2.05) is 13.8 Å². The van der Waals surface area contributed by atoms with Crippen molar-refractivity contribution in [1.29, 1.82) is 0 Å². The highest BCUT2D eigenvalue weighted by atomic mass is 16.5. The Morgan fingerprint density at radius 3 is 2.53 bits per heavy atom. The van der Waals surface area contributed by atoms with Crippen molar-refractivity contribution in [3.63, 3.8) is 0 Å². The van der Waals surface area contributed by atoms with E-state index in [2.05, 4.69) is 0 Å². The van der Waals surface area contributed by atoms with E-state index < -0.39 is 11.7 Å². The maximum atomic E-state index is 11.3. The number of primary amides is 1. The van der Waals surface area contributed by atoms with Crippen molar-refractivity contribution < 1.29 is 14.3 Å². The number of carbonyl (C=O) groups is 2. The van der Waals surface area contributed by atoms with Gasteiger partial charge < -0.3 is 10.5 Å². The molecule has 0 saturated heterocycles. The Balaban J connectivity index is 3.01. The lowest BCUT2D eigenvalue weighted by Gasteiger charge is -2.07. The fraction of sp³-hybridized carbons (Fsp3) is 0.273. The molecule has 0 saturated carbocycles. The van der Waals surface area contributed by atoms with Crippen LogP contribution in [0.2, 0.25) is 0 Å². The number of amides is 1. The Labute approximate surface area is 88.0 Å². The molecule has 0 atom stereocenters. The van der Waals surface area contributed by atoms with Gasteiger partial charge in [0.2, 0.25) is 5.78 Å². The minimum absolute atomic E-state index is 0.295.